The third-order valence-electron chi connectivity index (χ3n) is 24.5. The summed E-state index contributed by atoms with van der Waals surface area (Å²) in [7, 11) is 0. The summed E-state index contributed by atoms with van der Waals surface area (Å²) in [6.07, 6.45) is 10.3. The average molecular weight is 1220 g/mol. The van der Waals surface area contributed by atoms with Crippen molar-refractivity contribution in [2.24, 2.45) is 0 Å². The van der Waals surface area contributed by atoms with Crippen molar-refractivity contribution in [3.05, 3.63) is 258 Å². The highest BCUT2D eigenvalue weighted by Gasteiger charge is 2.60. The third kappa shape index (κ3) is 7.62. The molecule has 4 aliphatic heterocycles. The number of anilines is 10. The van der Waals surface area contributed by atoms with Crippen LogP contribution in [-0.4, -0.2) is 17.8 Å². The van der Waals surface area contributed by atoms with Gasteiger partial charge in [-0.25, -0.2) is 0 Å². The van der Waals surface area contributed by atoms with Gasteiger partial charge in [0, 0.05) is 82.1 Å². The summed E-state index contributed by atoms with van der Waals surface area (Å²) in [4.78, 5) is 11.2. The molecule has 7 aliphatic rings. The summed E-state index contributed by atoms with van der Waals surface area (Å²) < 4.78 is 2.62. The minimum atomic E-state index is -0.236. The zero-order valence-corrected chi connectivity index (χ0v) is 55.4. The fraction of sp³-hybridized carbons (Fsp3) is 0.241. The molecular formula is C87H77BN4S. The summed E-state index contributed by atoms with van der Waals surface area (Å²) in [6.45, 7) is 17.5. The van der Waals surface area contributed by atoms with E-state index in [1.807, 2.05) is 11.3 Å². The second-order valence-electron chi connectivity index (χ2n) is 30.2. The number of thiophene rings is 1. The van der Waals surface area contributed by atoms with E-state index in [1.165, 1.54) is 187 Å². The lowest BCUT2D eigenvalue weighted by Crippen LogP contribution is -2.61. The lowest BCUT2D eigenvalue weighted by Gasteiger charge is -2.51. The highest BCUT2D eigenvalue weighted by atomic mass is 32.1. The van der Waals surface area contributed by atoms with Crippen LogP contribution in [0.15, 0.2) is 231 Å². The molecule has 0 saturated heterocycles. The zero-order chi connectivity index (χ0) is 62.5. The van der Waals surface area contributed by atoms with E-state index in [9.17, 15) is 0 Å². The van der Waals surface area contributed by atoms with Gasteiger partial charge in [-0.2, -0.15) is 0 Å². The highest BCUT2D eigenvalue weighted by Crippen LogP contribution is 2.65. The standard InChI is InChI=1S/C87H77BN4S/c1-83(2,3)61-38-43-71-67(51-61)85(5)45-19-20-46-86(85,6)91(71)62-39-41-69-75(52-62)90(73-33-23-35-79-81(73)65-31-16-17-34-78(65)93-79)77-54-63(92-70-42-37-57(55-24-10-8-11-25-55)49-66(70)84(4)44-18-21-47-87(84,92)7)53-76-82(77)88(69)68-40-36-58(56-26-12-9-13-27-56)50-74(68)89(76)72-32-22-29-60-48-59-28-14-15-30-64(59)80(60)72/h8-17,22-43,49-54H,18-21,44-48H2,1-7H3. The van der Waals surface area contributed by atoms with Gasteiger partial charge in [0.1, 0.15) is 0 Å². The first-order chi connectivity index (χ1) is 45.2. The van der Waals surface area contributed by atoms with Gasteiger partial charge in [0.15, 0.2) is 0 Å². The Kier molecular flexibility index (Phi) is 11.8. The summed E-state index contributed by atoms with van der Waals surface area (Å²) in [6, 6.07) is 90.5. The number of rotatable bonds is 6. The monoisotopic (exact) mass is 1220 g/mol. The first kappa shape index (κ1) is 55.5. The van der Waals surface area contributed by atoms with Crippen LogP contribution in [0.5, 0.6) is 0 Å². The summed E-state index contributed by atoms with van der Waals surface area (Å²) >= 11 is 1.92. The van der Waals surface area contributed by atoms with Gasteiger partial charge in [0.25, 0.3) is 6.71 Å². The molecule has 19 rings (SSSR count). The fourth-order valence-corrected chi connectivity index (χ4v) is 20.5. The molecule has 0 spiro atoms. The number of fused-ring (bicyclic) bond motifs is 16. The van der Waals surface area contributed by atoms with Crippen molar-refractivity contribution in [3.63, 3.8) is 0 Å². The maximum atomic E-state index is 2.86. The molecule has 93 heavy (non-hydrogen) atoms. The van der Waals surface area contributed by atoms with Crippen molar-refractivity contribution >= 4 is 111 Å². The second kappa shape index (κ2) is 19.7. The number of hydrogen-bond donors (Lipinski definition) is 0. The van der Waals surface area contributed by atoms with Crippen LogP contribution in [0.4, 0.5) is 56.9 Å². The molecule has 2 saturated carbocycles. The predicted molar refractivity (Wildman–Crippen MR) is 397 cm³/mol. The molecule has 0 N–H and O–H groups in total. The van der Waals surface area contributed by atoms with E-state index in [-0.39, 0.29) is 34.0 Å². The molecule has 6 heteroatoms. The molecule has 0 radical (unpaired) electrons. The molecule has 4 nitrogen and oxygen atoms in total. The topological polar surface area (TPSA) is 13.0 Å². The minimum Gasteiger partial charge on any atom is -0.334 e. The maximum Gasteiger partial charge on any atom is 0.252 e. The SMILES string of the molecule is CC(C)(C)c1ccc2c(c1)C1(C)CCCCC1(C)N2c1ccc2c(c1)N(c1cccc3sc4ccccc4c13)c1cc(N3c4ccc(-c5ccccc5)cc4C4(C)CCCCC34C)cc3c1B2c1ccc(-c2ccccc2)cc1N3c1cccc2c1-c1ccccc1C2. The normalized spacial score (nSPS) is 22.0. The minimum absolute atomic E-state index is 0.0300. The van der Waals surface area contributed by atoms with Crippen LogP contribution in [-0.2, 0) is 22.7 Å². The Morgan fingerprint density at radius 1 is 0.398 bits per heavy atom. The zero-order valence-electron chi connectivity index (χ0n) is 54.6. The van der Waals surface area contributed by atoms with E-state index in [1.54, 1.807) is 0 Å². The highest BCUT2D eigenvalue weighted by molar-refractivity contribution is 7.26. The Morgan fingerprint density at radius 2 is 0.935 bits per heavy atom. The van der Waals surface area contributed by atoms with Crippen LogP contribution in [0.1, 0.15) is 128 Å². The second-order valence-corrected chi connectivity index (χ2v) is 31.2. The van der Waals surface area contributed by atoms with Crippen molar-refractivity contribution in [3.8, 4) is 33.4 Å². The molecule has 454 valence electrons. The van der Waals surface area contributed by atoms with Crippen molar-refractivity contribution in [2.75, 3.05) is 19.6 Å². The van der Waals surface area contributed by atoms with E-state index in [2.05, 4.69) is 299 Å². The van der Waals surface area contributed by atoms with Crippen LogP contribution in [0.25, 0.3) is 53.6 Å². The van der Waals surface area contributed by atoms with Crippen molar-refractivity contribution in [1.29, 1.82) is 0 Å². The molecular weight excluding hydrogens is 1140 g/mol. The smallest absolute Gasteiger partial charge is 0.252 e. The molecule has 5 heterocycles. The van der Waals surface area contributed by atoms with Gasteiger partial charge in [0.2, 0.25) is 0 Å². The van der Waals surface area contributed by atoms with Crippen molar-refractivity contribution in [1.82, 2.24) is 0 Å². The van der Waals surface area contributed by atoms with Gasteiger partial charge >= 0.3 is 0 Å². The van der Waals surface area contributed by atoms with Gasteiger partial charge in [-0.15, -0.1) is 11.3 Å². The van der Waals surface area contributed by atoms with E-state index < -0.39 is 0 Å². The molecule has 11 aromatic carbocycles. The van der Waals surface area contributed by atoms with Crippen LogP contribution in [0, 0.1) is 0 Å². The van der Waals surface area contributed by atoms with Crippen LogP contribution < -0.4 is 36.0 Å². The van der Waals surface area contributed by atoms with Crippen LogP contribution in [0.3, 0.4) is 0 Å². The van der Waals surface area contributed by atoms with Gasteiger partial charge in [-0.1, -0.05) is 218 Å². The van der Waals surface area contributed by atoms with Crippen molar-refractivity contribution in [2.45, 2.75) is 134 Å². The molecule has 4 atom stereocenters. The number of hydrogen-bond acceptors (Lipinski definition) is 5. The first-order valence-corrected chi connectivity index (χ1v) is 35.2. The molecule has 1 aromatic heterocycles. The third-order valence-corrected chi connectivity index (χ3v) is 25.6. The van der Waals surface area contributed by atoms with Gasteiger partial charge in [0.05, 0.1) is 22.5 Å². The lowest BCUT2D eigenvalue weighted by atomic mass is 9.33. The Morgan fingerprint density at radius 3 is 1.66 bits per heavy atom. The van der Waals surface area contributed by atoms with E-state index in [4.69, 9.17) is 0 Å². The Bertz CT molecular complexity index is 5140. The molecule has 0 bridgehead atoms. The summed E-state index contributed by atoms with van der Waals surface area (Å²) in [5.41, 5.74) is 31.0. The average Bonchev–Trinajstić information content (AvgIpc) is 1.68. The molecule has 3 aliphatic carbocycles. The van der Waals surface area contributed by atoms with E-state index in [0.29, 0.717) is 0 Å². The predicted octanol–water partition coefficient (Wildman–Crippen LogP) is 21.8. The summed E-state index contributed by atoms with van der Waals surface area (Å²) in [5.74, 6) is 0. The van der Waals surface area contributed by atoms with E-state index in [0.717, 1.165) is 25.7 Å². The Hall–Kier alpha value is -9.10. The molecule has 4 unspecified atom stereocenters. The maximum absolute atomic E-state index is 2.86. The van der Waals surface area contributed by atoms with Crippen LogP contribution in [0.2, 0.25) is 0 Å². The Labute approximate surface area is 552 Å². The fourth-order valence-electron chi connectivity index (χ4n) is 19.4. The first-order valence-electron chi connectivity index (χ1n) is 34.4. The van der Waals surface area contributed by atoms with Gasteiger partial charge in [-0.3, -0.25) is 0 Å². The van der Waals surface area contributed by atoms with Gasteiger partial charge in [-0.05, 0) is 196 Å². The molecule has 0 amide bonds. The van der Waals surface area contributed by atoms with E-state index >= 15 is 0 Å². The van der Waals surface area contributed by atoms with Gasteiger partial charge < -0.3 is 19.6 Å². The number of nitrogens with zero attached hydrogens (tertiary/aromatic N) is 4. The largest absolute Gasteiger partial charge is 0.334 e. The molecule has 2 fully saturated rings. The Balaban J connectivity index is 0.943. The van der Waals surface area contributed by atoms with Crippen molar-refractivity contribution < 1.29 is 0 Å². The lowest BCUT2D eigenvalue weighted by molar-refractivity contribution is 0.195. The molecule has 12 aromatic rings. The van der Waals surface area contributed by atoms with Crippen LogP contribution >= 0.6 is 11.3 Å². The quantitative estimate of drug-likeness (QED) is 0.154. The summed E-state index contributed by atoms with van der Waals surface area (Å²) in [5, 5.41) is 2.61. The number of benzene rings is 11.